The van der Waals surface area contributed by atoms with E-state index in [1.165, 1.54) is 12.3 Å². The summed E-state index contributed by atoms with van der Waals surface area (Å²) in [7, 11) is 3.90. The van der Waals surface area contributed by atoms with E-state index in [1.54, 1.807) is 13.0 Å². The Morgan fingerprint density at radius 2 is 1.63 bits per heavy atom. The van der Waals surface area contributed by atoms with E-state index < -0.39 is 11.3 Å². The summed E-state index contributed by atoms with van der Waals surface area (Å²) in [6, 6.07) is 10.8. The number of aryl methyl sites for hydroxylation is 1. The van der Waals surface area contributed by atoms with Crippen molar-refractivity contribution in [3.63, 3.8) is 0 Å². The molecule has 0 fully saturated rings. The van der Waals surface area contributed by atoms with Crippen LogP contribution in [0.2, 0.25) is 0 Å². The molecule has 0 saturated heterocycles. The van der Waals surface area contributed by atoms with E-state index >= 15 is 0 Å². The standard InChI is InChI=1S/C21H17N3O3/c1-11-10-15(25)23-19-16(11)20(26)17-14(8-9-22-18(17)21(19)27)12-4-6-13(7-5-12)24(2)3/h4-10H,1-3H3,(H,23,25). The summed E-state index contributed by atoms with van der Waals surface area (Å²) in [5.41, 5.74) is 3.19. The number of aromatic amines is 1. The number of nitrogens with one attached hydrogen (secondary N) is 1. The van der Waals surface area contributed by atoms with Gasteiger partial charge in [-0.2, -0.15) is 0 Å². The van der Waals surface area contributed by atoms with Gasteiger partial charge < -0.3 is 9.88 Å². The number of benzene rings is 1. The van der Waals surface area contributed by atoms with E-state index in [1.807, 2.05) is 43.3 Å². The van der Waals surface area contributed by atoms with Crippen molar-refractivity contribution in [1.29, 1.82) is 0 Å². The molecule has 0 atom stereocenters. The number of ketones is 2. The summed E-state index contributed by atoms with van der Waals surface area (Å²) in [6.45, 7) is 1.66. The van der Waals surface area contributed by atoms with Crippen LogP contribution >= 0.6 is 0 Å². The van der Waals surface area contributed by atoms with E-state index in [9.17, 15) is 14.4 Å². The fraction of sp³-hybridized carbons (Fsp3) is 0.143. The Morgan fingerprint density at radius 1 is 0.926 bits per heavy atom. The van der Waals surface area contributed by atoms with Crippen molar-refractivity contribution in [2.75, 3.05) is 19.0 Å². The number of hydrogen-bond donors (Lipinski definition) is 1. The minimum atomic E-state index is -0.438. The fourth-order valence-electron chi connectivity index (χ4n) is 3.44. The number of nitrogens with zero attached hydrogens (tertiary/aromatic N) is 2. The van der Waals surface area contributed by atoms with E-state index in [4.69, 9.17) is 0 Å². The Balaban J connectivity index is 1.94. The van der Waals surface area contributed by atoms with Crippen LogP contribution in [-0.4, -0.2) is 35.6 Å². The first-order valence-corrected chi connectivity index (χ1v) is 8.48. The van der Waals surface area contributed by atoms with E-state index in [-0.39, 0.29) is 28.3 Å². The molecule has 3 aromatic rings. The van der Waals surface area contributed by atoms with Crippen LogP contribution in [0.5, 0.6) is 0 Å². The van der Waals surface area contributed by atoms with Crippen LogP contribution in [0.3, 0.4) is 0 Å². The molecule has 27 heavy (non-hydrogen) atoms. The van der Waals surface area contributed by atoms with Gasteiger partial charge in [0.2, 0.25) is 11.3 Å². The number of carbonyl (C=O) groups excluding carboxylic acids is 2. The number of aromatic nitrogens is 2. The first-order chi connectivity index (χ1) is 12.9. The number of rotatable bonds is 2. The maximum absolute atomic E-state index is 13.2. The van der Waals surface area contributed by atoms with Gasteiger partial charge in [0.15, 0.2) is 5.78 Å². The monoisotopic (exact) mass is 359 g/mol. The first kappa shape index (κ1) is 16.9. The highest BCUT2D eigenvalue weighted by Crippen LogP contribution is 2.34. The van der Waals surface area contributed by atoms with Crippen molar-refractivity contribution in [2.24, 2.45) is 0 Å². The molecule has 0 radical (unpaired) electrons. The van der Waals surface area contributed by atoms with E-state index in [2.05, 4.69) is 9.97 Å². The molecule has 2 aromatic heterocycles. The molecule has 0 bridgehead atoms. The van der Waals surface area contributed by atoms with Crippen LogP contribution in [0.4, 0.5) is 5.69 Å². The number of hydrogen-bond acceptors (Lipinski definition) is 5. The minimum Gasteiger partial charge on any atom is -0.378 e. The van der Waals surface area contributed by atoms with Crippen LogP contribution in [-0.2, 0) is 0 Å². The lowest BCUT2D eigenvalue weighted by molar-refractivity contribution is 0.0971. The summed E-state index contributed by atoms with van der Waals surface area (Å²) >= 11 is 0. The molecule has 6 nitrogen and oxygen atoms in total. The Kier molecular flexibility index (Phi) is 3.77. The van der Waals surface area contributed by atoms with Crippen molar-refractivity contribution in [3.05, 3.63) is 81.0 Å². The average molecular weight is 359 g/mol. The molecule has 134 valence electrons. The largest absolute Gasteiger partial charge is 0.378 e. The number of pyridine rings is 2. The molecular weight excluding hydrogens is 342 g/mol. The summed E-state index contributed by atoms with van der Waals surface area (Å²) in [4.78, 5) is 46.5. The topological polar surface area (TPSA) is 83.1 Å². The van der Waals surface area contributed by atoms with Gasteiger partial charge in [-0.3, -0.25) is 19.4 Å². The first-order valence-electron chi connectivity index (χ1n) is 8.48. The molecule has 0 saturated carbocycles. The number of H-pyrrole nitrogens is 1. The third-order valence-electron chi connectivity index (χ3n) is 4.78. The second-order valence-corrected chi connectivity index (χ2v) is 6.75. The zero-order chi connectivity index (χ0) is 19.3. The predicted molar refractivity (Wildman–Crippen MR) is 103 cm³/mol. The molecule has 1 aliphatic rings. The Bertz CT molecular complexity index is 1160. The van der Waals surface area contributed by atoms with Crippen molar-refractivity contribution in [2.45, 2.75) is 6.92 Å². The van der Waals surface area contributed by atoms with Crippen molar-refractivity contribution < 1.29 is 9.59 Å². The highest BCUT2D eigenvalue weighted by atomic mass is 16.1. The van der Waals surface area contributed by atoms with Crippen LogP contribution in [0, 0.1) is 6.92 Å². The number of fused-ring (bicyclic) bond motifs is 2. The average Bonchev–Trinajstić information content (AvgIpc) is 2.65. The molecule has 1 N–H and O–H groups in total. The van der Waals surface area contributed by atoms with Gasteiger partial charge in [0, 0.05) is 32.0 Å². The lowest BCUT2D eigenvalue weighted by Gasteiger charge is -2.20. The summed E-state index contributed by atoms with van der Waals surface area (Å²) in [5.74, 6) is -0.736. The molecule has 6 heteroatoms. The van der Waals surface area contributed by atoms with Gasteiger partial charge in [0.25, 0.3) is 0 Å². The number of anilines is 1. The van der Waals surface area contributed by atoms with Crippen LogP contribution in [0.1, 0.15) is 37.7 Å². The van der Waals surface area contributed by atoms with Crippen molar-refractivity contribution >= 4 is 17.3 Å². The zero-order valence-electron chi connectivity index (χ0n) is 15.2. The SMILES string of the molecule is Cc1cc(=O)[nH]c2c1C(=O)c1c(-c3ccc(N(C)C)cc3)ccnc1C2=O. The lowest BCUT2D eigenvalue weighted by Crippen LogP contribution is -2.28. The highest BCUT2D eigenvalue weighted by molar-refractivity contribution is 6.29. The van der Waals surface area contributed by atoms with Gasteiger partial charge in [0.1, 0.15) is 11.4 Å². The summed E-state index contributed by atoms with van der Waals surface area (Å²) < 4.78 is 0. The molecule has 0 spiro atoms. The fourth-order valence-corrected chi connectivity index (χ4v) is 3.44. The van der Waals surface area contributed by atoms with Crippen molar-refractivity contribution in [3.8, 4) is 11.1 Å². The second-order valence-electron chi connectivity index (χ2n) is 6.75. The van der Waals surface area contributed by atoms with Crippen LogP contribution in [0.25, 0.3) is 11.1 Å². The maximum Gasteiger partial charge on any atom is 0.248 e. The zero-order valence-corrected chi connectivity index (χ0v) is 15.2. The van der Waals surface area contributed by atoms with Gasteiger partial charge in [-0.15, -0.1) is 0 Å². The van der Waals surface area contributed by atoms with Crippen LogP contribution < -0.4 is 10.5 Å². The van der Waals surface area contributed by atoms with Gasteiger partial charge in [-0.25, -0.2) is 0 Å². The smallest absolute Gasteiger partial charge is 0.248 e. The third kappa shape index (κ3) is 2.57. The lowest BCUT2D eigenvalue weighted by atomic mass is 9.84. The quantitative estimate of drug-likeness (QED) is 0.595. The van der Waals surface area contributed by atoms with E-state index in [0.717, 1.165) is 11.3 Å². The molecule has 2 heterocycles. The van der Waals surface area contributed by atoms with Gasteiger partial charge >= 0.3 is 0 Å². The molecule has 0 aliphatic heterocycles. The maximum atomic E-state index is 13.2. The van der Waals surface area contributed by atoms with Gasteiger partial charge in [0.05, 0.1) is 11.1 Å². The normalized spacial score (nSPS) is 12.6. The Morgan fingerprint density at radius 3 is 2.30 bits per heavy atom. The van der Waals surface area contributed by atoms with Crippen molar-refractivity contribution in [1.82, 2.24) is 9.97 Å². The number of carbonyl (C=O) groups is 2. The molecule has 0 unspecified atom stereocenters. The van der Waals surface area contributed by atoms with Crippen LogP contribution in [0.15, 0.2) is 47.4 Å². The molecule has 1 aliphatic carbocycles. The summed E-state index contributed by atoms with van der Waals surface area (Å²) in [6.07, 6.45) is 1.51. The molecule has 1 aromatic carbocycles. The highest BCUT2D eigenvalue weighted by Gasteiger charge is 2.35. The summed E-state index contributed by atoms with van der Waals surface area (Å²) in [5, 5.41) is 0. The van der Waals surface area contributed by atoms with Gasteiger partial charge in [-0.1, -0.05) is 12.1 Å². The van der Waals surface area contributed by atoms with E-state index in [0.29, 0.717) is 11.1 Å². The molecule has 0 amide bonds. The Labute approximate surface area is 155 Å². The third-order valence-corrected chi connectivity index (χ3v) is 4.78. The molecular formula is C21H17N3O3. The predicted octanol–water partition coefficient (Wildman–Crippen LogP) is 2.59. The minimum absolute atomic E-state index is 0.0186. The Hall–Kier alpha value is -3.54. The molecule has 4 rings (SSSR count). The second kappa shape index (κ2) is 6.02. The van der Waals surface area contributed by atoms with Gasteiger partial charge in [-0.05, 0) is 41.8 Å².